The van der Waals surface area contributed by atoms with E-state index in [9.17, 15) is 9.70 Å². The van der Waals surface area contributed by atoms with Gasteiger partial charge in [-0.25, -0.2) is 0 Å². The Hall–Kier alpha value is -1.70. The minimum Gasteiger partial charge on any atom is -0.483 e. The molecule has 8 nitrogen and oxygen atoms in total. The molecule has 1 amide bonds. The molecule has 0 saturated carbocycles. The van der Waals surface area contributed by atoms with Crippen LogP contribution >= 0.6 is 0 Å². The van der Waals surface area contributed by atoms with E-state index in [0.29, 0.717) is 0 Å². The first-order valence-corrected chi connectivity index (χ1v) is 5.99. The number of hydrogen-bond acceptors (Lipinski definition) is 4. The molecule has 0 radical (unpaired) electrons. The van der Waals surface area contributed by atoms with Crippen LogP contribution in [-0.4, -0.2) is 61.6 Å². The Kier molecular flexibility index (Phi) is 129. The van der Waals surface area contributed by atoms with Crippen molar-refractivity contribution >= 4 is 12.9 Å². The summed E-state index contributed by atoms with van der Waals surface area (Å²) in [5, 5.41) is 10.6. The van der Waals surface area contributed by atoms with E-state index in [4.69, 9.17) is 9.90 Å². The molecule has 0 saturated heterocycles. The zero-order chi connectivity index (χ0) is 16.7. The third-order valence-electron chi connectivity index (χ3n) is 0.374. The van der Waals surface area contributed by atoms with E-state index in [1.165, 1.54) is 22.8 Å². The van der Waals surface area contributed by atoms with Crippen molar-refractivity contribution in [3.8, 4) is 0 Å². The first-order valence-electron chi connectivity index (χ1n) is 5.99. The molecule has 3 N–H and O–H groups in total. The van der Waals surface area contributed by atoms with E-state index in [0.717, 1.165) is 6.41 Å². The third-order valence-corrected chi connectivity index (χ3v) is 0.374. The van der Waals surface area contributed by atoms with Gasteiger partial charge in [-0.15, -0.1) is 4.91 Å². The molecule has 0 spiro atoms. The highest BCUT2D eigenvalue weighted by Gasteiger charge is 1.69. The number of rotatable bonds is 2. The molecule has 0 fully saturated rings. The number of carbonyl (C=O) groups excluding carboxylic acids is 1. The van der Waals surface area contributed by atoms with Gasteiger partial charge in [0.15, 0.2) is 0 Å². The van der Waals surface area contributed by atoms with Crippen LogP contribution in [0.2, 0.25) is 0 Å². The average molecular weight is 315 g/mol. The van der Waals surface area contributed by atoms with Crippen molar-refractivity contribution in [2.45, 2.75) is 48.0 Å². The molecule has 134 valence electrons. The zero-order valence-electron chi connectivity index (χ0n) is 14.1. The Balaban J connectivity index is -0.0000000233. The van der Waals surface area contributed by atoms with Crippen molar-refractivity contribution in [1.29, 1.82) is 0 Å². The second-order valence-electron chi connectivity index (χ2n) is 3.52. The standard InChI is InChI=1S/C3H7NO.2C3H8.C2H6N2O.CH2O2.CH4.H2O/c1-4(2)3-5;2*1-3-2;1-4(2)3-5;2-1-3;;/h3H,1-2H3;2*3H2,1-2H3;1-2H3;1H,(H,2,3);1H4;1H2. The normalized spacial score (nSPS) is 5.52. The minimum atomic E-state index is -0.250. The van der Waals surface area contributed by atoms with Crippen molar-refractivity contribution < 1.29 is 20.2 Å². The summed E-state index contributed by atoms with van der Waals surface area (Å²) >= 11 is 0. The largest absolute Gasteiger partial charge is 0.483 e. The molecule has 8 heteroatoms. The summed E-state index contributed by atoms with van der Waals surface area (Å²) in [6, 6.07) is 0. The second kappa shape index (κ2) is 63.3. The highest BCUT2D eigenvalue weighted by Crippen LogP contribution is 1.64. The molecule has 0 aliphatic rings. The predicted octanol–water partition coefficient (Wildman–Crippen LogP) is 2.28. The zero-order valence-corrected chi connectivity index (χ0v) is 14.1. The van der Waals surface area contributed by atoms with Crippen molar-refractivity contribution in [2.75, 3.05) is 28.2 Å². The van der Waals surface area contributed by atoms with Gasteiger partial charge in [-0.05, 0) is 0 Å². The van der Waals surface area contributed by atoms with Gasteiger partial charge in [0.25, 0.3) is 6.47 Å². The van der Waals surface area contributed by atoms with E-state index in [-0.39, 0.29) is 19.4 Å². The number of nitrogens with zero attached hydrogens (tertiary/aromatic N) is 3. The van der Waals surface area contributed by atoms with E-state index in [1.807, 2.05) is 0 Å². The summed E-state index contributed by atoms with van der Waals surface area (Å²) in [6.45, 7) is 8.25. The maximum atomic E-state index is 9.43. The van der Waals surface area contributed by atoms with Gasteiger partial charge >= 0.3 is 0 Å². The monoisotopic (exact) mass is 315 g/mol. The van der Waals surface area contributed by atoms with Crippen LogP contribution in [0.4, 0.5) is 0 Å². The Bertz CT molecular complexity index is 143. The number of carboxylic acid groups (broad SMARTS) is 1. The van der Waals surface area contributed by atoms with Gasteiger partial charge in [0, 0.05) is 28.2 Å². The smallest absolute Gasteiger partial charge is 0.290 e. The Morgan fingerprint density at radius 3 is 1.05 bits per heavy atom. The van der Waals surface area contributed by atoms with E-state index in [1.54, 1.807) is 28.2 Å². The van der Waals surface area contributed by atoms with Crippen molar-refractivity contribution in [3.05, 3.63) is 4.91 Å². The lowest BCUT2D eigenvalue weighted by Gasteiger charge is -1.93. The highest BCUT2D eigenvalue weighted by molar-refractivity contribution is 5.45. The Morgan fingerprint density at radius 1 is 0.952 bits per heavy atom. The van der Waals surface area contributed by atoms with Gasteiger partial charge < -0.3 is 15.5 Å². The van der Waals surface area contributed by atoms with E-state index >= 15 is 0 Å². The van der Waals surface area contributed by atoms with Crippen LogP contribution < -0.4 is 0 Å². The molecule has 0 aromatic heterocycles. The molecule has 0 atom stereocenters. The maximum Gasteiger partial charge on any atom is 0.290 e. The molecule has 0 aliphatic carbocycles. The first kappa shape index (κ1) is 42.7. The lowest BCUT2D eigenvalue weighted by atomic mass is 10.6. The minimum absolute atomic E-state index is 0. The van der Waals surface area contributed by atoms with Gasteiger partial charge in [-0.1, -0.05) is 48.0 Å². The van der Waals surface area contributed by atoms with Crippen LogP contribution in [-0.2, 0) is 9.59 Å². The van der Waals surface area contributed by atoms with Crippen LogP contribution in [0.25, 0.3) is 0 Å². The van der Waals surface area contributed by atoms with Crippen LogP contribution in [0.15, 0.2) is 5.29 Å². The second-order valence-corrected chi connectivity index (χ2v) is 3.52. The van der Waals surface area contributed by atoms with Crippen molar-refractivity contribution in [1.82, 2.24) is 9.91 Å². The summed E-state index contributed by atoms with van der Waals surface area (Å²) in [5.41, 5.74) is 0. The van der Waals surface area contributed by atoms with Gasteiger partial charge in [-0.3, -0.25) is 14.6 Å². The summed E-state index contributed by atoms with van der Waals surface area (Å²) in [5.74, 6) is 0. The molecule has 0 heterocycles. The van der Waals surface area contributed by atoms with Gasteiger partial charge in [-0.2, -0.15) is 0 Å². The molecule has 0 bridgehead atoms. The van der Waals surface area contributed by atoms with Gasteiger partial charge in [0.1, 0.15) is 0 Å². The number of nitroso groups, excluding NO2 is 1. The summed E-state index contributed by atoms with van der Waals surface area (Å²) < 4.78 is 0. The molecule has 0 aliphatic heterocycles. The van der Waals surface area contributed by atoms with Crippen LogP contribution in [0, 0.1) is 4.91 Å². The topological polar surface area (TPSA) is 122 Å². The summed E-state index contributed by atoms with van der Waals surface area (Å²) in [7, 11) is 6.53. The lowest BCUT2D eigenvalue weighted by molar-refractivity contribution is -0.123. The predicted molar refractivity (Wildman–Crippen MR) is 90.2 cm³/mol. The fourth-order valence-corrected chi connectivity index (χ4v) is 0. The fraction of sp³-hybridized carbons (Fsp3) is 0.846. The molecule has 0 aromatic rings. The molecular weight excluding hydrogens is 278 g/mol. The first-order chi connectivity index (χ1) is 8.78. The van der Waals surface area contributed by atoms with Crippen molar-refractivity contribution in [3.63, 3.8) is 0 Å². The van der Waals surface area contributed by atoms with Crippen molar-refractivity contribution in [2.24, 2.45) is 5.29 Å². The lowest BCUT2D eigenvalue weighted by Crippen LogP contribution is -2.06. The third kappa shape index (κ3) is 919. The molecular formula is C13H37N3O5. The Morgan fingerprint density at radius 2 is 1.05 bits per heavy atom. The quantitative estimate of drug-likeness (QED) is 0.476. The Labute approximate surface area is 130 Å². The van der Waals surface area contributed by atoms with Crippen LogP contribution in [0.5, 0.6) is 0 Å². The van der Waals surface area contributed by atoms with Crippen LogP contribution in [0.1, 0.15) is 48.0 Å². The number of amides is 1. The number of hydrogen-bond donors (Lipinski definition) is 1. The highest BCUT2D eigenvalue weighted by atomic mass is 16.3. The van der Waals surface area contributed by atoms with Crippen LogP contribution in [0.3, 0.4) is 0 Å². The molecule has 0 aromatic carbocycles. The van der Waals surface area contributed by atoms with Gasteiger partial charge in [0.2, 0.25) is 6.41 Å². The SMILES string of the molecule is C.CCC.CCC.CN(C)C=O.CN(C)N=O.O.O=CO. The average Bonchev–Trinajstić information content (AvgIpc) is 2.32. The van der Waals surface area contributed by atoms with Gasteiger partial charge in [0.05, 0.1) is 5.29 Å². The maximum absolute atomic E-state index is 9.43. The molecule has 0 unspecified atom stereocenters. The molecule has 0 rings (SSSR count). The fourth-order valence-electron chi connectivity index (χ4n) is 0. The summed E-state index contributed by atoms with van der Waals surface area (Å²) in [6.07, 6.45) is 3.25. The molecule has 21 heavy (non-hydrogen) atoms. The van der Waals surface area contributed by atoms with E-state index < -0.39 is 0 Å². The number of carbonyl (C=O) groups is 2. The summed E-state index contributed by atoms with van der Waals surface area (Å²) in [4.78, 5) is 28.4. The van der Waals surface area contributed by atoms with E-state index in [2.05, 4.69) is 33.0 Å².